The zero-order valence-corrected chi connectivity index (χ0v) is 21.1. The van der Waals surface area contributed by atoms with E-state index in [1.807, 2.05) is 54.6 Å². The number of thiazole rings is 1. The standard InChI is InChI=1S/C25H23BrN2O4S/c1-14(2)32-24(30)21-15(3)27-25-28(22(21)17-7-11-19(31-4)12-8-17)23(29)20(33-25)13-16-5-9-18(26)10-6-16/h5-14,22H,1-4H3/b20-13-. The second kappa shape index (κ2) is 9.49. The van der Waals surface area contributed by atoms with E-state index in [-0.39, 0.29) is 11.7 Å². The molecule has 170 valence electrons. The topological polar surface area (TPSA) is 69.9 Å². The van der Waals surface area contributed by atoms with Gasteiger partial charge in [-0.1, -0.05) is 51.5 Å². The number of allylic oxidation sites excluding steroid dienone is 1. The third-order valence-electron chi connectivity index (χ3n) is 5.18. The van der Waals surface area contributed by atoms with Gasteiger partial charge in [0.1, 0.15) is 5.75 Å². The molecule has 1 unspecified atom stereocenters. The number of carbonyl (C=O) groups excluding carboxylic acids is 1. The average Bonchev–Trinajstić information content (AvgIpc) is 3.08. The molecule has 0 N–H and O–H groups in total. The Labute approximate surface area is 203 Å². The van der Waals surface area contributed by atoms with Gasteiger partial charge in [-0.05, 0) is 62.2 Å². The third-order valence-corrected chi connectivity index (χ3v) is 6.70. The van der Waals surface area contributed by atoms with Crippen LogP contribution in [0.3, 0.4) is 0 Å². The number of methoxy groups -OCH3 is 1. The maximum atomic E-state index is 13.6. The van der Waals surface area contributed by atoms with Gasteiger partial charge in [0.15, 0.2) is 4.80 Å². The summed E-state index contributed by atoms with van der Waals surface area (Å²) in [6.45, 7) is 5.37. The highest BCUT2D eigenvalue weighted by atomic mass is 79.9. The molecule has 3 aromatic rings. The number of aromatic nitrogens is 1. The van der Waals surface area contributed by atoms with Crippen molar-refractivity contribution in [3.63, 3.8) is 0 Å². The highest BCUT2D eigenvalue weighted by Gasteiger charge is 2.33. The van der Waals surface area contributed by atoms with Crippen molar-refractivity contribution in [3.05, 3.63) is 95.1 Å². The van der Waals surface area contributed by atoms with Crippen LogP contribution in [0.25, 0.3) is 6.08 Å². The number of fused-ring (bicyclic) bond motifs is 1. The average molecular weight is 527 g/mol. The summed E-state index contributed by atoms with van der Waals surface area (Å²) in [5, 5.41) is 0. The molecular formula is C25H23BrN2O4S. The molecule has 2 aromatic carbocycles. The summed E-state index contributed by atoms with van der Waals surface area (Å²) >= 11 is 4.73. The zero-order chi connectivity index (χ0) is 23.7. The molecule has 0 saturated carbocycles. The van der Waals surface area contributed by atoms with Gasteiger partial charge in [0.05, 0.1) is 35.1 Å². The maximum absolute atomic E-state index is 13.6. The number of rotatable bonds is 5. The molecule has 2 heterocycles. The lowest BCUT2D eigenvalue weighted by Gasteiger charge is -2.25. The van der Waals surface area contributed by atoms with Crippen LogP contribution in [0.2, 0.25) is 0 Å². The molecule has 1 aromatic heterocycles. The van der Waals surface area contributed by atoms with Crippen LogP contribution < -0.4 is 19.6 Å². The van der Waals surface area contributed by atoms with Crippen molar-refractivity contribution >= 4 is 39.3 Å². The number of benzene rings is 2. The van der Waals surface area contributed by atoms with Crippen molar-refractivity contribution in [2.75, 3.05) is 7.11 Å². The predicted octanol–water partition coefficient (Wildman–Crippen LogP) is 3.96. The second-order valence-electron chi connectivity index (χ2n) is 7.86. The van der Waals surface area contributed by atoms with Gasteiger partial charge in [-0.15, -0.1) is 0 Å². The number of ether oxygens (including phenoxy) is 2. The molecule has 0 saturated heterocycles. The van der Waals surface area contributed by atoms with Crippen molar-refractivity contribution in [1.29, 1.82) is 0 Å². The Morgan fingerprint density at radius 1 is 1.15 bits per heavy atom. The molecular weight excluding hydrogens is 504 g/mol. The Balaban J connectivity index is 1.92. The third kappa shape index (κ3) is 4.72. The highest BCUT2D eigenvalue weighted by molar-refractivity contribution is 9.10. The monoisotopic (exact) mass is 526 g/mol. The van der Waals surface area contributed by atoms with Crippen LogP contribution in [-0.4, -0.2) is 23.8 Å². The molecule has 0 amide bonds. The minimum atomic E-state index is -0.648. The Kier molecular flexibility index (Phi) is 6.67. The fourth-order valence-corrected chi connectivity index (χ4v) is 4.98. The fourth-order valence-electron chi connectivity index (χ4n) is 3.67. The van der Waals surface area contributed by atoms with E-state index in [1.165, 1.54) is 11.3 Å². The first-order valence-corrected chi connectivity index (χ1v) is 12.0. The smallest absolute Gasteiger partial charge is 0.338 e. The molecule has 6 nitrogen and oxygen atoms in total. The van der Waals surface area contributed by atoms with Gasteiger partial charge in [-0.25, -0.2) is 9.79 Å². The molecule has 1 atom stereocenters. The number of carbonyl (C=O) groups is 1. The van der Waals surface area contributed by atoms with Crippen LogP contribution >= 0.6 is 27.3 Å². The van der Waals surface area contributed by atoms with E-state index in [0.717, 1.165) is 15.6 Å². The van der Waals surface area contributed by atoms with Crippen LogP contribution in [0.4, 0.5) is 0 Å². The predicted molar refractivity (Wildman–Crippen MR) is 132 cm³/mol. The summed E-state index contributed by atoms with van der Waals surface area (Å²) in [7, 11) is 1.59. The van der Waals surface area contributed by atoms with E-state index >= 15 is 0 Å². The lowest BCUT2D eigenvalue weighted by molar-refractivity contribution is -0.143. The van der Waals surface area contributed by atoms with Crippen molar-refractivity contribution in [2.24, 2.45) is 4.99 Å². The van der Waals surface area contributed by atoms with Crippen LogP contribution in [0, 0.1) is 0 Å². The van der Waals surface area contributed by atoms with Gasteiger partial charge in [-0.2, -0.15) is 0 Å². The van der Waals surface area contributed by atoms with Gasteiger partial charge in [-0.3, -0.25) is 9.36 Å². The highest BCUT2D eigenvalue weighted by Crippen LogP contribution is 2.31. The second-order valence-corrected chi connectivity index (χ2v) is 9.79. The molecule has 1 aliphatic rings. The zero-order valence-electron chi connectivity index (χ0n) is 18.7. The first kappa shape index (κ1) is 23.2. The summed E-state index contributed by atoms with van der Waals surface area (Å²) in [6.07, 6.45) is 1.54. The Hall–Kier alpha value is -2.97. The van der Waals surface area contributed by atoms with Gasteiger partial charge in [0.25, 0.3) is 5.56 Å². The minimum Gasteiger partial charge on any atom is -0.497 e. The van der Waals surface area contributed by atoms with E-state index in [2.05, 4.69) is 20.9 Å². The number of esters is 1. The maximum Gasteiger partial charge on any atom is 0.338 e. The molecule has 0 fully saturated rings. The Morgan fingerprint density at radius 3 is 2.42 bits per heavy atom. The van der Waals surface area contributed by atoms with Crippen molar-refractivity contribution < 1.29 is 14.3 Å². The summed E-state index contributed by atoms with van der Waals surface area (Å²) in [5.74, 6) is 0.211. The molecule has 8 heteroatoms. The van der Waals surface area contributed by atoms with Crippen molar-refractivity contribution in [2.45, 2.75) is 32.9 Å². The lowest BCUT2D eigenvalue weighted by atomic mass is 9.96. The van der Waals surface area contributed by atoms with Gasteiger partial charge < -0.3 is 9.47 Å². The summed E-state index contributed by atoms with van der Waals surface area (Å²) in [5.41, 5.74) is 2.37. The number of halogens is 1. The lowest BCUT2D eigenvalue weighted by Crippen LogP contribution is -2.40. The SMILES string of the molecule is COc1ccc(C2C(C(=O)OC(C)C)=C(C)N=c3s/c(=C\c4ccc(Br)cc4)c(=O)n32)cc1. The van der Waals surface area contributed by atoms with Crippen LogP contribution in [0.1, 0.15) is 37.9 Å². The number of hydrogen-bond acceptors (Lipinski definition) is 6. The van der Waals surface area contributed by atoms with Crippen molar-refractivity contribution in [1.82, 2.24) is 4.57 Å². The van der Waals surface area contributed by atoms with Crippen LogP contribution in [0.5, 0.6) is 5.75 Å². The van der Waals surface area contributed by atoms with Gasteiger partial charge in [0, 0.05) is 4.47 Å². The molecule has 1 aliphatic heterocycles. The number of hydrogen-bond donors (Lipinski definition) is 0. The normalized spacial score (nSPS) is 15.9. The number of nitrogens with zero attached hydrogens (tertiary/aromatic N) is 2. The first-order valence-electron chi connectivity index (χ1n) is 10.4. The largest absolute Gasteiger partial charge is 0.497 e. The van der Waals surface area contributed by atoms with Crippen LogP contribution in [0.15, 0.2) is 74.1 Å². The molecule has 33 heavy (non-hydrogen) atoms. The van der Waals surface area contributed by atoms with E-state index in [4.69, 9.17) is 9.47 Å². The minimum absolute atomic E-state index is 0.204. The van der Waals surface area contributed by atoms with Gasteiger partial charge >= 0.3 is 5.97 Å². The first-order chi connectivity index (χ1) is 15.8. The van der Waals surface area contributed by atoms with E-state index < -0.39 is 12.0 Å². The Bertz CT molecular complexity index is 1400. The van der Waals surface area contributed by atoms with Crippen molar-refractivity contribution in [3.8, 4) is 5.75 Å². The molecule has 0 aliphatic carbocycles. The quantitative estimate of drug-likeness (QED) is 0.472. The van der Waals surface area contributed by atoms with E-state index in [0.29, 0.717) is 26.4 Å². The Morgan fingerprint density at radius 2 is 1.82 bits per heavy atom. The molecule has 0 bridgehead atoms. The van der Waals surface area contributed by atoms with Gasteiger partial charge in [0.2, 0.25) is 0 Å². The summed E-state index contributed by atoms with van der Waals surface area (Å²) in [6, 6.07) is 14.4. The summed E-state index contributed by atoms with van der Waals surface area (Å²) in [4.78, 5) is 31.8. The molecule has 0 spiro atoms. The molecule has 4 rings (SSSR count). The molecule has 0 radical (unpaired) electrons. The van der Waals surface area contributed by atoms with E-state index in [9.17, 15) is 9.59 Å². The summed E-state index contributed by atoms with van der Waals surface area (Å²) < 4.78 is 13.9. The van der Waals surface area contributed by atoms with E-state index in [1.54, 1.807) is 32.4 Å². The van der Waals surface area contributed by atoms with Crippen LogP contribution in [-0.2, 0) is 9.53 Å². The fraction of sp³-hybridized carbons (Fsp3) is 0.240.